The third kappa shape index (κ3) is 4.28. The molecule has 3 rings (SSSR count). The summed E-state index contributed by atoms with van der Waals surface area (Å²) in [5.41, 5.74) is 4.66. The summed E-state index contributed by atoms with van der Waals surface area (Å²) in [6.45, 7) is 4.42. The number of hydrogen-bond acceptors (Lipinski definition) is 5. The first kappa shape index (κ1) is 19.4. The molecule has 0 fully saturated rings. The summed E-state index contributed by atoms with van der Waals surface area (Å²) in [6.07, 6.45) is 0. The molecule has 1 aromatic carbocycles. The van der Waals surface area contributed by atoms with Crippen molar-refractivity contribution in [3.63, 3.8) is 0 Å². The Balaban J connectivity index is 1.97. The molecule has 6 heteroatoms. The number of pyridine rings is 2. The van der Waals surface area contributed by atoms with Crippen LogP contribution in [0.2, 0.25) is 0 Å². The molecule has 0 aliphatic rings. The second kappa shape index (κ2) is 8.08. The summed E-state index contributed by atoms with van der Waals surface area (Å²) in [7, 11) is 3.44. The molecule has 144 valence electrons. The van der Waals surface area contributed by atoms with Crippen LogP contribution in [0.25, 0.3) is 11.3 Å². The largest absolute Gasteiger partial charge is 0.497 e. The van der Waals surface area contributed by atoms with Gasteiger partial charge in [0.25, 0.3) is 0 Å². The van der Waals surface area contributed by atoms with Crippen molar-refractivity contribution in [3.8, 4) is 17.0 Å². The Morgan fingerprint density at radius 2 is 1.79 bits per heavy atom. The van der Waals surface area contributed by atoms with Gasteiger partial charge in [-0.2, -0.15) is 0 Å². The lowest BCUT2D eigenvalue weighted by molar-refractivity contribution is 0.0697. The average molecular weight is 377 g/mol. The van der Waals surface area contributed by atoms with Gasteiger partial charge in [0.05, 0.1) is 25.0 Å². The minimum Gasteiger partial charge on any atom is -0.497 e. The van der Waals surface area contributed by atoms with Gasteiger partial charge in [-0.25, -0.2) is 9.78 Å². The zero-order chi connectivity index (χ0) is 20.3. The normalized spacial score (nSPS) is 10.6. The van der Waals surface area contributed by atoms with Gasteiger partial charge in [-0.05, 0) is 67.9 Å². The molecule has 0 unspecified atom stereocenters. The highest BCUT2D eigenvalue weighted by Crippen LogP contribution is 2.26. The minimum absolute atomic E-state index is 0.157. The Kier molecular flexibility index (Phi) is 5.59. The van der Waals surface area contributed by atoms with Crippen molar-refractivity contribution in [1.29, 1.82) is 0 Å². The van der Waals surface area contributed by atoms with Crippen LogP contribution in [-0.4, -0.2) is 35.2 Å². The molecule has 0 radical (unpaired) electrons. The maximum Gasteiger partial charge on any atom is 0.339 e. The lowest BCUT2D eigenvalue weighted by Crippen LogP contribution is -2.22. The fraction of sp³-hybridized carbons (Fsp3) is 0.227. The van der Waals surface area contributed by atoms with Gasteiger partial charge in [0, 0.05) is 18.3 Å². The van der Waals surface area contributed by atoms with Crippen LogP contribution < -0.4 is 9.64 Å². The lowest BCUT2D eigenvalue weighted by Gasteiger charge is -2.21. The highest BCUT2D eigenvalue weighted by molar-refractivity contribution is 5.94. The van der Waals surface area contributed by atoms with Crippen molar-refractivity contribution < 1.29 is 14.6 Å². The Bertz CT molecular complexity index is 980. The summed E-state index contributed by atoms with van der Waals surface area (Å²) in [6, 6.07) is 14.8. The van der Waals surface area contributed by atoms with Gasteiger partial charge in [-0.3, -0.25) is 4.98 Å². The number of nitrogens with zero attached hydrogens (tertiary/aromatic N) is 3. The van der Waals surface area contributed by atoms with Crippen molar-refractivity contribution in [2.45, 2.75) is 20.4 Å². The van der Waals surface area contributed by atoms with E-state index in [1.54, 1.807) is 19.2 Å². The molecule has 0 aliphatic carbocycles. The number of anilines is 1. The number of carboxylic acids is 1. The molecular weight excluding hydrogens is 354 g/mol. The number of hydrogen-bond donors (Lipinski definition) is 1. The van der Waals surface area contributed by atoms with E-state index in [-0.39, 0.29) is 5.56 Å². The standard InChI is InChI=1S/C22H23N3O3/c1-14-11-15(2)23-17(12-14)13-25(3)21-19(22(26)27)9-10-20(24-21)16-5-7-18(28-4)8-6-16/h5-12H,13H2,1-4H3,(H,26,27). The van der Waals surface area contributed by atoms with E-state index < -0.39 is 5.97 Å². The van der Waals surface area contributed by atoms with E-state index in [4.69, 9.17) is 4.74 Å². The number of aryl methyl sites for hydroxylation is 2. The number of carbonyl (C=O) groups is 1. The molecule has 0 spiro atoms. The Hall–Kier alpha value is -3.41. The molecule has 0 atom stereocenters. The van der Waals surface area contributed by atoms with E-state index in [9.17, 15) is 9.90 Å². The smallest absolute Gasteiger partial charge is 0.339 e. The van der Waals surface area contributed by atoms with Crippen molar-refractivity contribution in [2.75, 3.05) is 19.1 Å². The monoisotopic (exact) mass is 377 g/mol. The summed E-state index contributed by atoms with van der Waals surface area (Å²) >= 11 is 0. The third-order valence-electron chi connectivity index (χ3n) is 4.40. The van der Waals surface area contributed by atoms with Crippen LogP contribution in [0.1, 0.15) is 27.3 Å². The van der Waals surface area contributed by atoms with Gasteiger partial charge < -0.3 is 14.7 Å². The second-order valence-corrected chi connectivity index (χ2v) is 6.73. The number of aromatic carboxylic acids is 1. The Labute approximate surface area is 164 Å². The summed E-state index contributed by atoms with van der Waals surface area (Å²) in [5, 5.41) is 9.60. The average Bonchev–Trinajstić information content (AvgIpc) is 2.66. The minimum atomic E-state index is -1.01. The third-order valence-corrected chi connectivity index (χ3v) is 4.40. The van der Waals surface area contributed by atoms with Crippen molar-refractivity contribution in [2.24, 2.45) is 0 Å². The fourth-order valence-corrected chi connectivity index (χ4v) is 3.15. The predicted octanol–water partition coefficient (Wildman–Crippen LogP) is 4.10. The Morgan fingerprint density at radius 3 is 2.39 bits per heavy atom. The van der Waals surface area contributed by atoms with E-state index in [2.05, 4.69) is 9.97 Å². The first-order valence-electron chi connectivity index (χ1n) is 8.91. The highest BCUT2D eigenvalue weighted by atomic mass is 16.5. The molecule has 0 saturated heterocycles. The van der Waals surface area contributed by atoms with Gasteiger partial charge in [0.1, 0.15) is 17.1 Å². The van der Waals surface area contributed by atoms with Crippen molar-refractivity contribution in [1.82, 2.24) is 9.97 Å². The van der Waals surface area contributed by atoms with Gasteiger partial charge in [0.2, 0.25) is 0 Å². The molecule has 0 bridgehead atoms. The maximum absolute atomic E-state index is 11.7. The first-order chi connectivity index (χ1) is 13.4. The maximum atomic E-state index is 11.7. The van der Waals surface area contributed by atoms with Gasteiger partial charge in [0.15, 0.2) is 0 Å². The van der Waals surface area contributed by atoms with Crippen LogP contribution in [0.5, 0.6) is 5.75 Å². The number of benzene rings is 1. The second-order valence-electron chi connectivity index (χ2n) is 6.73. The molecule has 1 N–H and O–H groups in total. The van der Waals surface area contributed by atoms with Crippen LogP contribution >= 0.6 is 0 Å². The lowest BCUT2D eigenvalue weighted by atomic mass is 10.1. The van der Waals surface area contributed by atoms with E-state index >= 15 is 0 Å². The van der Waals surface area contributed by atoms with Crippen LogP contribution in [-0.2, 0) is 6.54 Å². The molecule has 0 amide bonds. The molecule has 6 nitrogen and oxygen atoms in total. The quantitative estimate of drug-likeness (QED) is 0.697. The molecule has 28 heavy (non-hydrogen) atoms. The summed E-state index contributed by atoms with van der Waals surface area (Å²) in [4.78, 5) is 22.7. The molecule has 2 aromatic heterocycles. The molecule has 0 aliphatic heterocycles. The number of ether oxygens (including phenoxy) is 1. The number of carboxylic acid groups (broad SMARTS) is 1. The molecular formula is C22H23N3O3. The zero-order valence-corrected chi connectivity index (χ0v) is 16.4. The SMILES string of the molecule is COc1ccc(-c2ccc(C(=O)O)c(N(C)Cc3cc(C)cc(C)n3)n2)cc1. The summed E-state index contributed by atoms with van der Waals surface area (Å²) < 4.78 is 5.19. The number of methoxy groups -OCH3 is 1. The predicted molar refractivity (Wildman–Crippen MR) is 109 cm³/mol. The van der Waals surface area contributed by atoms with Gasteiger partial charge in [-0.15, -0.1) is 0 Å². The Morgan fingerprint density at radius 1 is 1.07 bits per heavy atom. The van der Waals surface area contributed by atoms with Gasteiger partial charge in [-0.1, -0.05) is 0 Å². The van der Waals surface area contributed by atoms with E-state index in [1.807, 2.05) is 62.2 Å². The van der Waals surface area contributed by atoms with Crippen molar-refractivity contribution >= 4 is 11.8 Å². The van der Waals surface area contributed by atoms with Crippen molar-refractivity contribution in [3.05, 3.63) is 71.0 Å². The van der Waals surface area contributed by atoms with Crippen LogP contribution in [0.15, 0.2) is 48.5 Å². The summed E-state index contributed by atoms with van der Waals surface area (Å²) in [5.74, 6) is 0.148. The van der Waals surface area contributed by atoms with Crippen LogP contribution in [0.3, 0.4) is 0 Å². The zero-order valence-electron chi connectivity index (χ0n) is 16.4. The molecule has 2 heterocycles. The first-order valence-corrected chi connectivity index (χ1v) is 8.91. The van der Waals surface area contributed by atoms with Crippen LogP contribution in [0.4, 0.5) is 5.82 Å². The molecule has 3 aromatic rings. The number of aromatic nitrogens is 2. The highest BCUT2D eigenvalue weighted by Gasteiger charge is 2.17. The van der Waals surface area contributed by atoms with E-state index in [0.717, 1.165) is 28.3 Å². The van der Waals surface area contributed by atoms with E-state index in [0.29, 0.717) is 18.1 Å². The van der Waals surface area contributed by atoms with E-state index in [1.165, 1.54) is 0 Å². The van der Waals surface area contributed by atoms with Crippen LogP contribution in [0, 0.1) is 13.8 Å². The number of rotatable bonds is 6. The van der Waals surface area contributed by atoms with Gasteiger partial charge >= 0.3 is 5.97 Å². The fourth-order valence-electron chi connectivity index (χ4n) is 3.15. The molecule has 0 saturated carbocycles. The topological polar surface area (TPSA) is 75.6 Å².